The number of carbonyl (C=O) groups excluding carboxylic acids is 1. The van der Waals surface area contributed by atoms with Crippen molar-refractivity contribution in [3.63, 3.8) is 0 Å². The Hall–Kier alpha value is -1.51. The van der Waals surface area contributed by atoms with E-state index in [1.165, 1.54) is 0 Å². The van der Waals surface area contributed by atoms with Gasteiger partial charge in [-0.3, -0.25) is 0 Å². The molecule has 2 rings (SSSR count). The molecule has 3 heteroatoms. The number of hydrogen-bond acceptors (Lipinski definition) is 1. The second-order valence-corrected chi connectivity index (χ2v) is 2.38. The van der Waals surface area contributed by atoms with Gasteiger partial charge in [0, 0.05) is 0 Å². The van der Waals surface area contributed by atoms with Crippen molar-refractivity contribution in [2.75, 3.05) is 0 Å². The van der Waals surface area contributed by atoms with Crippen LogP contribution in [0.3, 0.4) is 0 Å². The third-order valence-corrected chi connectivity index (χ3v) is 1.56. The van der Waals surface area contributed by atoms with Crippen LogP contribution in [0.25, 0.3) is 0 Å². The molecule has 1 aromatic carbocycles. The van der Waals surface area contributed by atoms with E-state index in [2.05, 4.69) is 16.1 Å². The van der Waals surface area contributed by atoms with E-state index in [-0.39, 0.29) is 0 Å². The maximum absolute atomic E-state index is 10.7. The first-order chi connectivity index (χ1) is 5.27. The molecule has 1 aliphatic heterocycles. The van der Waals surface area contributed by atoms with Crippen LogP contribution in [0.5, 0.6) is 0 Å². The van der Waals surface area contributed by atoms with Gasteiger partial charge in [-0.05, 0) is 30.7 Å². The molecular weight excluding hydrogens is 140 g/mol. The molecule has 1 aromatic rings. The van der Waals surface area contributed by atoms with Gasteiger partial charge >= 0.3 is 6.03 Å². The summed E-state index contributed by atoms with van der Waals surface area (Å²) >= 11 is 0. The Morgan fingerprint density at radius 1 is 1.36 bits per heavy atom. The third kappa shape index (κ3) is 0.852. The summed E-state index contributed by atoms with van der Waals surface area (Å²) in [4.78, 5) is 18.1. The molecule has 1 heterocycles. The fraction of sp³-hybridized carbons (Fsp3) is 0.125. The van der Waals surface area contributed by atoms with E-state index in [4.69, 9.17) is 0 Å². The van der Waals surface area contributed by atoms with Crippen molar-refractivity contribution >= 4 is 6.03 Å². The first kappa shape index (κ1) is 6.22. The highest BCUT2D eigenvalue weighted by Crippen LogP contribution is 1.88. The SMILES string of the molecule is Cc1c[c]cc2c1=NC(=O)N=2. The lowest BCUT2D eigenvalue weighted by molar-refractivity contribution is 0.256. The second kappa shape index (κ2) is 1.99. The molecule has 53 valence electrons. The van der Waals surface area contributed by atoms with Gasteiger partial charge in [0.25, 0.3) is 0 Å². The zero-order chi connectivity index (χ0) is 7.84. The minimum atomic E-state index is -0.414. The van der Waals surface area contributed by atoms with E-state index in [1.54, 1.807) is 12.1 Å². The zero-order valence-corrected chi connectivity index (χ0v) is 5.96. The third-order valence-electron chi connectivity index (χ3n) is 1.56. The van der Waals surface area contributed by atoms with Gasteiger partial charge in [-0.1, -0.05) is 0 Å². The number of hydrogen-bond donors (Lipinski definition) is 0. The molecule has 1 radical (unpaired) electrons. The highest BCUT2D eigenvalue weighted by atomic mass is 16.2. The molecule has 0 saturated carbocycles. The molecule has 0 aliphatic carbocycles. The number of nitrogens with zero attached hydrogens (tertiary/aromatic N) is 2. The van der Waals surface area contributed by atoms with Crippen LogP contribution in [0.1, 0.15) is 5.56 Å². The van der Waals surface area contributed by atoms with Crippen molar-refractivity contribution in [1.82, 2.24) is 0 Å². The van der Waals surface area contributed by atoms with E-state index in [9.17, 15) is 4.79 Å². The molecule has 1 aliphatic rings. The summed E-state index contributed by atoms with van der Waals surface area (Å²) in [5, 5.41) is 1.32. The molecule has 3 nitrogen and oxygen atoms in total. The van der Waals surface area contributed by atoms with Crippen LogP contribution in [0, 0.1) is 13.0 Å². The molecular formula is C8H5N2O. The van der Waals surface area contributed by atoms with Crippen LogP contribution < -0.4 is 10.7 Å². The lowest BCUT2D eigenvalue weighted by Crippen LogP contribution is -2.23. The quantitative estimate of drug-likeness (QED) is 0.513. The predicted octanol–water partition coefficient (Wildman–Crippen LogP) is 0.168. The molecule has 0 spiro atoms. The van der Waals surface area contributed by atoms with Gasteiger partial charge in [-0.15, -0.1) is 0 Å². The monoisotopic (exact) mass is 145 g/mol. The summed E-state index contributed by atoms with van der Waals surface area (Å²) < 4.78 is 0. The van der Waals surface area contributed by atoms with E-state index in [0.29, 0.717) is 10.7 Å². The lowest BCUT2D eigenvalue weighted by Gasteiger charge is -1.85. The lowest BCUT2D eigenvalue weighted by atomic mass is 10.2. The average Bonchev–Trinajstić information content (AvgIpc) is 2.31. The first-order valence-corrected chi connectivity index (χ1v) is 3.25. The maximum Gasteiger partial charge on any atom is 0.368 e. The molecule has 0 unspecified atom stereocenters. The van der Waals surface area contributed by atoms with Crippen LogP contribution in [0.15, 0.2) is 22.1 Å². The summed E-state index contributed by atoms with van der Waals surface area (Å²) in [5.74, 6) is 0. The van der Waals surface area contributed by atoms with Crippen LogP contribution >= 0.6 is 0 Å². The van der Waals surface area contributed by atoms with Crippen molar-refractivity contribution in [3.05, 3.63) is 34.5 Å². The number of benzene rings is 1. The van der Waals surface area contributed by atoms with Gasteiger partial charge in [-0.2, -0.15) is 9.98 Å². The van der Waals surface area contributed by atoms with Gasteiger partial charge in [-0.25, -0.2) is 4.79 Å². The van der Waals surface area contributed by atoms with E-state index in [1.807, 2.05) is 6.92 Å². The van der Waals surface area contributed by atoms with Gasteiger partial charge in [0.2, 0.25) is 0 Å². The number of aryl methyl sites for hydroxylation is 1. The van der Waals surface area contributed by atoms with Gasteiger partial charge in [0.1, 0.15) is 0 Å². The van der Waals surface area contributed by atoms with Crippen LogP contribution in [0.2, 0.25) is 0 Å². The Morgan fingerprint density at radius 3 is 2.91 bits per heavy atom. The van der Waals surface area contributed by atoms with E-state index >= 15 is 0 Å². The molecule has 0 N–H and O–H groups in total. The van der Waals surface area contributed by atoms with Crippen molar-refractivity contribution in [2.45, 2.75) is 6.92 Å². The summed E-state index contributed by atoms with van der Waals surface area (Å²) in [6.07, 6.45) is 0. The van der Waals surface area contributed by atoms with Crippen molar-refractivity contribution in [1.29, 1.82) is 0 Å². The highest BCUT2D eigenvalue weighted by Gasteiger charge is 2.04. The Kier molecular flexibility index (Phi) is 1.12. The molecule has 11 heavy (non-hydrogen) atoms. The summed E-state index contributed by atoms with van der Waals surface area (Å²) in [6, 6.07) is 5.91. The molecule has 0 fully saturated rings. The van der Waals surface area contributed by atoms with Crippen LogP contribution in [-0.2, 0) is 0 Å². The van der Waals surface area contributed by atoms with Crippen molar-refractivity contribution < 1.29 is 4.79 Å². The molecule has 2 amide bonds. The van der Waals surface area contributed by atoms with Gasteiger partial charge in [0.15, 0.2) is 0 Å². The molecule has 0 atom stereocenters. The fourth-order valence-corrected chi connectivity index (χ4v) is 1.04. The molecule has 0 bridgehead atoms. The smallest absolute Gasteiger partial charge is 0.244 e. The van der Waals surface area contributed by atoms with Crippen molar-refractivity contribution in [3.8, 4) is 0 Å². The Bertz CT molecular complexity index is 434. The Balaban J connectivity index is 2.97. The molecule has 0 aromatic heterocycles. The Morgan fingerprint density at radius 2 is 2.18 bits per heavy atom. The topological polar surface area (TPSA) is 41.8 Å². The average molecular weight is 145 g/mol. The number of fused-ring (bicyclic) bond motifs is 1. The number of carbonyl (C=O) groups is 1. The normalized spacial score (nSPS) is 13.7. The first-order valence-electron chi connectivity index (χ1n) is 3.25. The Labute approximate surface area is 63.1 Å². The van der Waals surface area contributed by atoms with Crippen LogP contribution in [0.4, 0.5) is 4.79 Å². The maximum atomic E-state index is 10.7. The van der Waals surface area contributed by atoms with Gasteiger partial charge in [0.05, 0.1) is 10.7 Å². The molecule has 0 saturated heterocycles. The largest absolute Gasteiger partial charge is 0.368 e. The summed E-state index contributed by atoms with van der Waals surface area (Å²) in [7, 11) is 0. The summed E-state index contributed by atoms with van der Waals surface area (Å²) in [6.45, 7) is 1.88. The van der Waals surface area contributed by atoms with Crippen LogP contribution in [-0.4, -0.2) is 6.03 Å². The minimum absolute atomic E-state index is 0.414. The number of urea groups is 1. The number of amides is 2. The van der Waals surface area contributed by atoms with Crippen molar-refractivity contribution in [2.24, 2.45) is 9.98 Å². The highest BCUT2D eigenvalue weighted by molar-refractivity contribution is 5.77. The number of rotatable bonds is 0. The fourth-order valence-electron chi connectivity index (χ4n) is 1.04. The van der Waals surface area contributed by atoms with E-state index in [0.717, 1.165) is 5.56 Å². The summed E-state index contributed by atoms with van der Waals surface area (Å²) in [5.41, 5.74) is 0.942. The minimum Gasteiger partial charge on any atom is -0.244 e. The van der Waals surface area contributed by atoms with Gasteiger partial charge < -0.3 is 0 Å². The standard InChI is InChI=1S/C8H5N2O/c1-5-3-2-4-6-7(5)10-8(11)9-6/h3-4H,1H3. The zero-order valence-electron chi connectivity index (χ0n) is 5.96. The van der Waals surface area contributed by atoms with E-state index < -0.39 is 6.03 Å². The predicted molar refractivity (Wildman–Crippen MR) is 37.7 cm³/mol. The second-order valence-electron chi connectivity index (χ2n) is 2.38.